The van der Waals surface area contributed by atoms with Gasteiger partial charge in [-0.05, 0) is 43.7 Å². The third kappa shape index (κ3) is 5.49. The van der Waals surface area contributed by atoms with E-state index in [1.165, 1.54) is 29.4 Å². The number of amides is 1. The average molecular weight is 380 g/mol. The molecule has 0 bridgehead atoms. The van der Waals surface area contributed by atoms with Crippen LogP contribution in [-0.2, 0) is 11.2 Å². The largest absolute Gasteiger partial charge is 0.484 e. The van der Waals surface area contributed by atoms with Gasteiger partial charge in [-0.25, -0.2) is 4.98 Å². The zero-order valence-corrected chi connectivity index (χ0v) is 16.0. The molecule has 3 aromatic rings. The van der Waals surface area contributed by atoms with Gasteiger partial charge in [0, 0.05) is 23.1 Å². The Morgan fingerprint density at radius 1 is 1.15 bits per heavy atom. The number of hydrogen-bond donors (Lipinski definition) is 1. The molecule has 6 heteroatoms. The molecule has 0 aliphatic carbocycles. The minimum absolute atomic E-state index is 0.00969. The van der Waals surface area contributed by atoms with E-state index in [0.717, 1.165) is 11.3 Å². The lowest BCUT2D eigenvalue weighted by atomic mass is 10.1. The number of benzene rings is 2. The predicted octanol–water partition coefficient (Wildman–Crippen LogP) is 4.26. The Balaban J connectivity index is 1.51. The van der Waals surface area contributed by atoms with Crippen LogP contribution in [0.3, 0.4) is 0 Å². The van der Waals surface area contributed by atoms with Crippen molar-refractivity contribution < 1.29 is 14.3 Å². The molecule has 27 heavy (non-hydrogen) atoms. The summed E-state index contributed by atoms with van der Waals surface area (Å²) in [4.78, 5) is 28.6. The fourth-order valence-electron chi connectivity index (χ4n) is 2.56. The van der Waals surface area contributed by atoms with Crippen molar-refractivity contribution in [1.29, 1.82) is 0 Å². The van der Waals surface area contributed by atoms with Crippen LogP contribution in [0.2, 0.25) is 0 Å². The highest BCUT2D eigenvalue weighted by Gasteiger charge is 2.09. The van der Waals surface area contributed by atoms with Gasteiger partial charge in [-0.3, -0.25) is 14.9 Å². The van der Waals surface area contributed by atoms with Gasteiger partial charge in [-0.1, -0.05) is 29.8 Å². The lowest BCUT2D eigenvalue weighted by molar-refractivity contribution is -0.118. The number of aryl methyl sites for hydroxylation is 1. The van der Waals surface area contributed by atoms with E-state index in [0.29, 0.717) is 16.4 Å². The summed E-state index contributed by atoms with van der Waals surface area (Å²) in [6, 6.07) is 15.0. The number of aromatic nitrogens is 1. The first-order chi connectivity index (χ1) is 13.0. The molecule has 0 atom stereocenters. The van der Waals surface area contributed by atoms with Crippen molar-refractivity contribution in [3.8, 4) is 5.75 Å². The van der Waals surface area contributed by atoms with Gasteiger partial charge in [-0.15, -0.1) is 11.3 Å². The van der Waals surface area contributed by atoms with E-state index in [-0.39, 0.29) is 18.3 Å². The topological polar surface area (TPSA) is 68.3 Å². The second-order valence-electron chi connectivity index (χ2n) is 6.21. The van der Waals surface area contributed by atoms with Crippen LogP contribution in [0, 0.1) is 6.92 Å². The summed E-state index contributed by atoms with van der Waals surface area (Å²) < 4.78 is 5.44. The summed E-state index contributed by atoms with van der Waals surface area (Å²) in [5.41, 5.74) is 3.05. The molecule has 0 unspecified atom stereocenters. The first-order valence-corrected chi connectivity index (χ1v) is 9.35. The number of ketones is 1. The van der Waals surface area contributed by atoms with Gasteiger partial charge < -0.3 is 4.74 Å². The smallest absolute Gasteiger partial charge is 0.264 e. The molecule has 0 spiro atoms. The standard InChI is InChI=1S/C21H20N2O3S/c1-14-4-3-5-16(10-14)11-19-12-22-21(27-19)23-20(25)13-26-18-8-6-17(7-9-18)15(2)24/h3-10,12H,11,13H2,1-2H3,(H,22,23,25). The fourth-order valence-corrected chi connectivity index (χ4v) is 3.42. The number of rotatable bonds is 7. The number of nitrogens with zero attached hydrogens (tertiary/aromatic N) is 1. The lowest BCUT2D eigenvalue weighted by Gasteiger charge is -2.06. The Morgan fingerprint density at radius 2 is 1.93 bits per heavy atom. The molecule has 1 amide bonds. The molecule has 1 N–H and O–H groups in total. The molecule has 0 saturated carbocycles. The highest BCUT2D eigenvalue weighted by atomic mass is 32.1. The normalized spacial score (nSPS) is 10.4. The molecule has 0 saturated heterocycles. The number of anilines is 1. The molecule has 0 fully saturated rings. The van der Waals surface area contributed by atoms with Crippen LogP contribution in [0.25, 0.3) is 0 Å². The summed E-state index contributed by atoms with van der Waals surface area (Å²) in [5, 5.41) is 3.30. The van der Waals surface area contributed by atoms with Crippen LogP contribution >= 0.6 is 11.3 Å². The number of carbonyl (C=O) groups is 2. The highest BCUT2D eigenvalue weighted by molar-refractivity contribution is 7.15. The molecule has 1 aromatic heterocycles. The van der Waals surface area contributed by atoms with Crippen LogP contribution in [-0.4, -0.2) is 23.3 Å². The van der Waals surface area contributed by atoms with Crippen molar-refractivity contribution in [3.05, 3.63) is 76.3 Å². The number of carbonyl (C=O) groups excluding carboxylic acids is 2. The van der Waals surface area contributed by atoms with Crippen molar-refractivity contribution in [3.63, 3.8) is 0 Å². The Kier molecular flexibility index (Phi) is 5.98. The number of Topliss-reactive ketones (excluding diaryl/α,β-unsaturated/α-hetero) is 1. The average Bonchev–Trinajstić information content (AvgIpc) is 3.07. The van der Waals surface area contributed by atoms with Crippen molar-refractivity contribution in [2.45, 2.75) is 20.3 Å². The lowest BCUT2D eigenvalue weighted by Crippen LogP contribution is -2.20. The number of hydrogen-bond acceptors (Lipinski definition) is 5. The zero-order valence-electron chi connectivity index (χ0n) is 15.2. The Bertz CT molecular complexity index is 948. The van der Waals surface area contributed by atoms with Crippen LogP contribution in [0.4, 0.5) is 5.13 Å². The van der Waals surface area contributed by atoms with E-state index in [1.807, 2.05) is 6.07 Å². The Labute approximate surface area is 162 Å². The maximum Gasteiger partial charge on any atom is 0.264 e. The van der Waals surface area contributed by atoms with Crippen molar-refractivity contribution >= 4 is 28.2 Å². The molecule has 0 radical (unpaired) electrons. The summed E-state index contributed by atoms with van der Waals surface area (Å²) in [6.45, 7) is 3.45. The van der Waals surface area contributed by atoms with Gasteiger partial charge in [0.15, 0.2) is 17.5 Å². The minimum atomic E-state index is -0.276. The number of thiazole rings is 1. The quantitative estimate of drug-likeness (QED) is 0.622. The van der Waals surface area contributed by atoms with Crippen molar-refractivity contribution in [1.82, 2.24) is 4.98 Å². The molecule has 138 valence electrons. The Hall–Kier alpha value is -2.99. The summed E-state index contributed by atoms with van der Waals surface area (Å²) >= 11 is 1.45. The summed E-state index contributed by atoms with van der Waals surface area (Å²) in [6.07, 6.45) is 2.57. The van der Waals surface area contributed by atoms with Crippen molar-refractivity contribution in [2.24, 2.45) is 0 Å². The van der Waals surface area contributed by atoms with Gasteiger partial charge >= 0.3 is 0 Å². The summed E-state index contributed by atoms with van der Waals surface area (Å²) in [7, 11) is 0. The molecular weight excluding hydrogens is 360 g/mol. The monoisotopic (exact) mass is 380 g/mol. The molecular formula is C21H20N2O3S. The second-order valence-corrected chi connectivity index (χ2v) is 7.33. The fraction of sp³-hybridized carbons (Fsp3) is 0.190. The van der Waals surface area contributed by atoms with E-state index in [1.54, 1.807) is 30.5 Å². The first-order valence-electron chi connectivity index (χ1n) is 8.53. The van der Waals surface area contributed by atoms with E-state index in [4.69, 9.17) is 4.74 Å². The predicted molar refractivity (Wildman–Crippen MR) is 107 cm³/mol. The Morgan fingerprint density at radius 3 is 2.63 bits per heavy atom. The third-order valence-corrected chi connectivity index (χ3v) is 4.80. The second kappa shape index (κ2) is 8.60. The molecule has 1 heterocycles. The zero-order chi connectivity index (χ0) is 19.2. The third-order valence-electron chi connectivity index (χ3n) is 3.89. The van der Waals surface area contributed by atoms with Crippen LogP contribution in [0.5, 0.6) is 5.75 Å². The van der Waals surface area contributed by atoms with E-state index in [2.05, 4.69) is 35.4 Å². The van der Waals surface area contributed by atoms with Crippen molar-refractivity contribution in [2.75, 3.05) is 11.9 Å². The number of nitrogens with one attached hydrogen (secondary N) is 1. The van der Waals surface area contributed by atoms with Crippen LogP contribution < -0.4 is 10.1 Å². The number of ether oxygens (including phenoxy) is 1. The highest BCUT2D eigenvalue weighted by Crippen LogP contribution is 2.21. The minimum Gasteiger partial charge on any atom is -0.484 e. The van der Waals surface area contributed by atoms with Gasteiger partial charge in [0.05, 0.1) is 0 Å². The summed E-state index contributed by atoms with van der Waals surface area (Å²) in [5.74, 6) is 0.251. The maximum atomic E-state index is 12.0. The van der Waals surface area contributed by atoms with Crippen LogP contribution in [0.15, 0.2) is 54.7 Å². The SMILES string of the molecule is CC(=O)c1ccc(OCC(=O)Nc2ncc(Cc3cccc(C)c3)s2)cc1. The molecule has 2 aromatic carbocycles. The molecule has 0 aliphatic heterocycles. The van der Waals surface area contributed by atoms with E-state index < -0.39 is 0 Å². The van der Waals surface area contributed by atoms with E-state index in [9.17, 15) is 9.59 Å². The first kappa shape index (κ1) is 18.8. The van der Waals surface area contributed by atoms with Gasteiger partial charge in [0.25, 0.3) is 5.91 Å². The molecule has 0 aliphatic rings. The van der Waals surface area contributed by atoms with Gasteiger partial charge in [0.2, 0.25) is 0 Å². The molecule has 5 nitrogen and oxygen atoms in total. The maximum absolute atomic E-state index is 12.0. The van der Waals surface area contributed by atoms with Gasteiger partial charge in [-0.2, -0.15) is 0 Å². The molecule has 3 rings (SSSR count). The van der Waals surface area contributed by atoms with Gasteiger partial charge in [0.1, 0.15) is 5.75 Å². The van der Waals surface area contributed by atoms with Crippen LogP contribution in [0.1, 0.15) is 33.3 Å². The van der Waals surface area contributed by atoms with E-state index >= 15 is 0 Å².